The molecule has 2 aromatic rings. The number of esters is 1. The molecule has 0 radical (unpaired) electrons. The Hall–Kier alpha value is -2.41. The van der Waals surface area contributed by atoms with Crippen LogP contribution in [0.2, 0.25) is 0 Å². The van der Waals surface area contributed by atoms with Gasteiger partial charge in [-0.3, -0.25) is 4.72 Å². The highest BCUT2D eigenvalue weighted by molar-refractivity contribution is 7.92. The monoisotopic (exact) mass is 323 g/mol. The summed E-state index contributed by atoms with van der Waals surface area (Å²) >= 11 is 0. The SMILES string of the molecule is COC(=O)c1ccccc1S(=O)(=O)Nc1ccc(F)cc1C. The lowest BCUT2D eigenvalue weighted by Gasteiger charge is -2.12. The maximum Gasteiger partial charge on any atom is 0.339 e. The molecule has 0 bridgehead atoms. The lowest BCUT2D eigenvalue weighted by Crippen LogP contribution is -2.18. The van der Waals surface area contributed by atoms with Gasteiger partial charge in [0.15, 0.2) is 0 Å². The molecule has 0 aromatic heterocycles. The molecule has 2 rings (SSSR count). The van der Waals surface area contributed by atoms with Crippen molar-refractivity contribution in [3.63, 3.8) is 0 Å². The number of benzene rings is 2. The van der Waals surface area contributed by atoms with Crippen molar-refractivity contribution in [3.05, 3.63) is 59.4 Å². The summed E-state index contributed by atoms with van der Waals surface area (Å²) in [4.78, 5) is 11.5. The molecule has 0 fully saturated rings. The van der Waals surface area contributed by atoms with Crippen molar-refractivity contribution in [2.24, 2.45) is 0 Å². The minimum absolute atomic E-state index is 0.0720. The van der Waals surface area contributed by atoms with Crippen LogP contribution in [0.4, 0.5) is 10.1 Å². The Morgan fingerprint density at radius 2 is 1.86 bits per heavy atom. The quantitative estimate of drug-likeness (QED) is 0.878. The maximum atomic E-state index is 13.1. The van der Waals surface area contributed by atoms with Gasteiger partial charge < -0.3 is 4.74 Å². The van der Waals surface area contributed by atoms with E-state index in [-0.39, 0.29) is 16.1 Å². The van der Waals surface area contributed by atoms with Crippen LogP contribution in [0.25, 0.3) is 0 Å². The summed E-state index contributed by atoms with van der Waals surface area (Å²) in [7, 11) is -2.84. The van der Waals surface area contributed by atoms with Crippen LogP contribution >= 0.6 is 0 Å². The minimum atomic E-state index is -4.01. The van der Waals surface area contributed by atoms with Crippen molar-refractivity contribution in [2.45, 2.75) is 11.8 Å². The first-order chi connectivity index (χ1) is 10.3. The van der Waals surface area contributed by atoms with Gasteiger partial charge in [0, 0.05) is 0 Å². The van der Waals surface area contributed by atoms with Crippen LogP contribution in [0.3, 0.4) is 0 Å². The second kappa shape index (κ2) is 6.15. The van der Waals surface area contributed by atoms with Gasteiger partial charge in [-0.2, -0.15) is 0 Å². The Bertz CT molecular complexity index is 818. The van der Waals surface area contributed by atoms with E-state index in [0.29, 0.717) is 5.56 Å². The predicted molar refractivity (Wildman–Crippen MR) is 79.7 cm³/mol. The molecule has 116 valence electrons. The number of ether oxygens (including phenoxy) is 1. The normalized spacial score (nSPS) is 11.0. The van der Waals surface area contributed by atoms with Crippen molar-refractivity contribution in [1.82, 2.24) is 0 Å². The molecule has 7 heteroatoms. The summed E-state index contributed by atoms with van der Waals surface area (Å²) in [5, 5.41) is 0. The molecule has 0 amide bonds. The van der Waals surface area contributed by atoms with E-state index < -0.39 is 21.8 Å². The second-order valence-electron chi connectivity index (χ2n) is 4.55. The fraction of sp³-hybridized carbons (Fsp3) is 0.133. The molecule has 0 heterocycles. The van der Waals surface area contributed by atoms with Gasteiger partial charge in [-0.25, -0.2) is 17.6 Å². The Morgan fingerprint density at radius 3 is 2.50 bits per heavy atom. The maximum absolute atomic E-state index is 13.1. The van der Waals surface area contributed by atoms with Crippen LogP contribution in [0.5, 0.6) is 0 Å². The molecule has 22 heavy (non-hydrogen) atoms. The van der Waals surface area contributed by atoms with Crippen LogP contribution in [-0.2, 0) is 14.8 Å². The summed E-state index contributed by atoms with van der Waals surface area (Å²) in [6.45, 7) is 1.58. The van der Waals surface area contributed by atoms with Crippen LogP contribution < -0.4 is 4.72 Å². The molecule has 0 atom stereocenters. The first-order valence-electron chi connectivity index (χ1n) is 6.31. The number of carbonyl (C=O) groups excluding carboxylic acids is 1. The Morgan fingerprint density at radius 1 is 1.18 bits per heavy atom. The van der Waals surface area contributed by atoms with E-state index in [4.69, 9.17) is 0 Å². The Balaban J connectivity index is 2.45. The highest BCUT2D eigenvalue weighted by Crippen LogP contribution is 2.23. The second-order valence-corrected chi connectivity index (χ2v) is 6.20. The lowest BCUT2D eigenvalue weighted by molar-refractivity contribution is 0.0596. The molecular formula is C15H14FNO4S. The number of rotatable bonds is 4. The van der Waals surface area contributed by atoms with E-state index in [9.17, 15) is 17.6 Å². The van der Waals surface area contributed by atoms with Crippen molar-refractivity contribution >= 4 is 21.7 Å². The zero-order chi connectivity index (χ0) is 16.3. The molecule has 2 aromatic carbocycles. The van der Waals surface area contributed by atoms with E-state index >= 15 is 0 Å². The van der Waals surface area contributed by atoms with E-state index in [1.807, 2.05) is 0 Å². The molecule has 0 saturated carbocycles. The average Bonchev–Trinajstić information content (AvgIpc) is 2.49. The fourth-order valence-corrected chi connectivity index (χ4v) is 3.25. The summed E-state index contributed by atoms with van der Waals surface area (Å²) in [5.41, 5.74) is 0.595. The lowest BCUT2D eigenvalue weighted by atomic mass is 10.2. The molecule has 1 N–H and O–H groups in total. The zero-order valence-corrected chi connectivity index (χ0v) is 12.8. The fourth-order valence-electron chi connectivity index (χ4n) is 1.92. The topological polar surface area (TPSA) is 72.5 Å². The molecule has 5 nitrogen and oxygen atoms in total. The number of hydrogen-bond acceptors (Lipinski definition) is 4. The van der Waals surface area contributed by atoms with Gasteiger partial charge in [-0.1, -0.05) is 12.1 Å². The van der Waals surface area contributed by atoms with E-state index in [2.05, 4.69) is 9.46 Å². The molecule has 0 aliphatic rings. The number of sulfonamides is 1. The molecule has 0 aliphatic carbocycles. The average molecular weight is 323 g/mol. The number of aryl methyl sites for hydroxylation is 1. The number of carbonyl (C=O) groups is 1. The van der Waals surface area contributed by atoms with Gasteiger partial charge in [-0.05, 0) is 42.8 Å². The molecule has 0 aliphatic heterocycles. The minimum Gasteiger partial charge on any atom is -0.465 e. The Kier molecular flexibility index (Phi) is 4.46. The third-order valence-corrected chi connectivity index (χ3v) is 4.44. The van der Waals surface area contributed by atoms with Crippen molar-refractivity contribution in [3.8, 4) is 0 Å². The number of hydrogen-bond donors (Lipinski definition) is 1. The smallest absolute Gasteiger partial charge is 0.339 e. The highest BCUT2D eigenvalue weighted by Gasteiger charge is 2.23. The molecule has 0 unspecified atom stereocenters. The third-order valence-electron chi connectivity index (χ3n) is 3.01. The van der Waals surface area contributed by atoms with Crippen LogP contribution in [0, 0.1) is 12.7 Å². The van der Waals surface area contributed by atoms with Crippen LogP contribution in [0.1, 0.15) is 15.9 Å². The van der Waals surface area contributed by atoms with Gasteiger partial charge in [0.05, 0.1) is 18.4 Å². The first kappa shape index (κ1) is 16.0. The summed E-state index contributed by atoms with van der Waals surface area (Å²) in [5.74, 6) is -1.22. The molecule has 0 saturated heterocycles. The van der Waals surface area contributed by atoms with E-state index in [1.54, 1.807) is 6.92 Å². The molecule has 0 spiro atoms. The van der Waals surface area contributed by atoms with Gasteiger partial charge >= 0.3 is 5.97 Å². The molecular weight excluding hydrogens is 309 g/mol. The number of anilines is 1. The van der Waals surface area contributed by atoms with Gasteiger partial charge in [0.25, 0.3) is 10.0 Å². The number of methoxy groups -OCH3 is 1. The largest absolute Gasteiger partial charge is 0.465 e. The van der Waals surface area contributed by atoms with Gasteiger partial charge in [0.1, 0.15) is 10.7 Å². The van der Waals surface area contributed by atoms with Crippen molar-refractivity contribution in [2.75, 3.05) is 11.8 Å². The third kappa shape index (κ3) is 3.25. The van der Waals surface area contributed by atoms with E-state index in [1.165, 1.54) is 43.5 Å². The zero-order valence-electron chi connectivity index (χ0n) is 12.0. The summed E-state index contributed by atoms with van der Waals surface area (Å²) in [6.07, 6.45) is 0. The van der Waals surface area contributed by atoms with E-state index in [0.717, 1.165) is 6.07 Å². The standard InChI is InChI=1S/C15H14FNO4S/c1-10-9-11(16)7-8-13(10)17-22(19,20)14-6-4-3-5-12(14)15(18)21-2/h3-9,17H,1-2H3. The predicted octanol–water partition coefficient (Wildman–Crippen LogP) is 2.72. The van der Waals surface area contributed by atoms with Crippen LogP contribution in [0.15, 0.2) is 47.4 Å². The number of halogens is 1. The summed E-state index contributed by atoms with van der Waals surface area (Å²) < 4.78 is 44.9. The van der Waals surface area contributed by atoms with Crippen molar-refractivity contribution < 1.29 is 22.3 Å². The Labute approximate surface area is 127 Å². The highest BCUT2D eigenvalue weighted by atomic mass is 32.2. The number of nitrogens with one attached hydrogen (secondary N) is 1. The van der Waals surface area contributed by atoms with Gasteiger partial charge in [0.2, 0.25) is 0 Å². The first-order valence-corrected chi connectivity index (χ1v) is 7.80. The summed E-state index contributed by atoms with van der Waals surface area (Å²) in [6, 6.07) is 9.38. The van der Waals surface area contributed by atoms with Crippen molar-refractivity contribution in [1.29, 1.82) is 0 Å². The van der Waals surface area contributed by atoms with Crippen LogP contribution in [-0.4, -0.2) is 21.5 Å². The van der Waals surface area contributed by atoms with Gasteiger partial charge in [-0.15, -0.1) is 0 Å².